The first-order valence-electron chi connectivity index (χ1n) is 4.63. The Morgan fingerprint density at radius 2 is 1.86 bits per heavy atom. The van der Waals surface area contributed by atoms with E-state index in [1.54, 1.807) is 27.7 Å². The van der Waals surface area contributed by atoms with Crippen LogP contribution in [0.4, 0.5) is 0 Å². The van der Waals surface area contributed by atoms with Crippen LogP contribution in [0, 0.1) is 0 Å². The summed E-state index contributed by atoms with van der Waals surface area (Å²) in [6, 6.07) is 0. The lowest BCUT2D eigenvalue weighted by atomic mass is 10.1. The molecule has 0 rings (SSSR count). The van der Waals surface area contributed by atoms with Crippen molar-refractivity contribution in [3.8, 4) is 0 Å². The highest BCUT2D eigenvalue weighted by atomic mass is 32.2. The molecular formula is C8H20N2O3S. The molecule has 14 heavy (non-hydrogen) atoms. The number of nitrogens with one attached hydrogen (secondary N) is 1. The van der Waals surface area contributed by atoms with E-state index < -0.39 is 15.7 Å². The quantitative estimate of drug-likeness (QED) is 0.687. The second kappa shape index (κ2) is 5.06. The third kappa shape index (κ3) is 4.90. The van der Waals surface area contributed by atoms with Gasteiger partial charge in [0.05, 0.1) is 6.61 Å². The Morgan fingerprint density at radius 1 is 1.36 bits per heavy atom. The molecule has 0 unspecified atom stereocenters. The summed E-state index contributed by atoms with van der Waals surface area (Å²) >= 11 is 0. The molecule has 0 aliphatic carbocycles. The number of aliphatic hydroxyl groups excluding tert-OH is 1. The van der Waals surface area contributed by atoms with Gasteiger partial charge in [0.25, 0.3) is 10.2 Å². The minimum absolute atomic E-state index is 0.127. The maximum Gasteiger partial charge on any atom is 0.279 e. The van der Waals surface area contributed by atoms with Gasteiger partial charge in [-0.3, -0.25) is 0 Å². The van der Waals surface area contributed by atoms with Gasteiger partial charge in [-0.05, 0) is 20.8 Å². The average molecular weight is 224 g/mol. The van der Waals surface area contributed by atoms with E-state index >= 15 is 0 Å². The lowest BCUT2D eigenvalue weighted by Gasteiger charge is -2.26. The highest BCUT2D eigenvalue weighted by Crippen LogP contribution is 2.05. The van der Waals surface area contributed by atoms with Crippen LogP contribution in [-0.4, -0.2) is 43.1 Å². The van der Waals surface area contributed by atoms with Gasteiger partial charge in [-0.1, -0.05) is 6.92 Å². The SMILES string of the molecule is CCN(CCO)S(=O)(=O)NC(C)(C)C. The molecule has 5 nitrogen and oxygen atoms in total. The molecule has 0 aromatic heterocycles. The summed E-state index contributed by atoms with van der Waals surface area (Å²) < 4.78 is 27.1. The van der Waals surface area contributed by atoms with Gasteiger partial charge in [-0.2, -0.15) is 17.4 Å². The van der Waals surface area contributed by atoms with E-state index in [1.807, 2.05) is 0 Å². The minimum Gasteiger partial charge on any atom is -0.395 e. The predicted molar refractivity (Wildman–Crippen MR) is 56.1 cm³/mol. The summed E-state index contributed by atoms with van der Waals surface area (Å²) in [5.74, 6) is 0. The first-order valence-corrected chi connectivity index (χ1v) is 6.07. The average Bonchev–Trinajstić information content (AvgIpc) is 1.94. The zero-order valence-electron chi connectivity index (χ0n) is 9.24. The highest BCUT2D eigenvalue weighted by Gasteiger charge is 2.25. The summed E-state index contributed by atoms with van der Waals surface area (Å²) in [5.41, 5.74) is -0.498. The zero-order valence-corrected chi connectivity index (χ0v) is 10.1. The number of hydrogen-bond acceptors (Lipinski definition) is 3. The third-order valence-electron chi connectivity index (χ3n) is 1.48. The van der Waals surface area contributed by atoms with Crippen molar-refractivity contribution in [2.24, 2.45) is 0 Å². The fourth-order valence-electron chi connectivity index (χ4n) is 1.01. The molecule has 0 atom stereocenters. The summed E-state index contributed by atoms with van der Waals surface area (Å²) in [7, 11) is -3.47. The van der Waals surface area contributed by atoms with Gasteiger partial charge in [0.1, 0.15) is 0 Å². The second-order valence-corrected chi connectivity index (χ2v) is 5.74. The number of nitrogens with zero attached hydrogens (tertiary/aromatic N) is 1. The molecule has 0 spiro atoms. The molecule has 0 aliphatic heterocycles. The van der Waals surface area contributed by atoms with Gasteiger partial charge in [-0.15, -0.1) is 0 Å². The monoisotopic (exact) mass is 224 g/mol. The first-order chi connectivity index (χ1) is 6.23. The normalized spacial score (nSPS) is 13.6. The van der Waals surface area contributed by atoms with Crippen LogP contribution < -0.4 is 4.72 Å². The summed E-state index contributed by atoms with van der Waals surface area (Å²) in [4.78, 5) is 0. The number of hydrogen-bond donors (Lipinski definition) is 2. The molecule has 0 amide bonds. The third-order valence-corrected chi connectivity index (χ3v) is 3.47. The van der Waals surface area contributed by atoms with E-state index in [1.165, 1.54) is 4.31 Å². The molecule has 0 aromatic rings. The lowest BCUT2D eigenvalue weighted by Crippen LogP contribution is -2.49. The van der Waals surface area contributed by atoms with Crippen LogP contribution in [0.2, 0.25) is 0 Å². The van der Waals surface area contributed by atoms with Crippen molar-refractivity contribution in [3.63, 3.8) is 0 Å². The van der Waals surface area contributed by atoms with Crippen molar-refractivity contribution < 1.29 is 13.5 Å². The van der Waals surface area contributed by atoms with E-state index in [2.05, 4.69) is 4.72 Å². The Balaban J connectivity index is 4.59. The van der Waals surface area contributed by atoms with Crippen LogP contribution in [0.5, 0.6) is 0 Å². The van der Waals surface area contributed by atoms with Crippen LogP contribution in [0.25, 0.3) is 0 Å². The largest absolute Gasteiger partial charge is 0.395 e. The molecule has 0 radical (unpaired) electrons. The molecule has 0 aliphatic rings. The molecule has 2 N–H and O–H groups in total. The molecule has 0 saturated carbocycles. The van der Waals surface area contributed by atoms with Crippen molar-refractivity contribution in [1.29, 1.82) is 0 Å². The Kier molecular flexibility index (Phi) is 5.00. The number of aliphatic hydroxyl groups is 1. The standard InChI is InChI=1S/C8H20N2O3S/c1-5-10(6-7-11)14(12,13)9-8(2,3)4/h9,11H,5-7H2,1-4H3. The molecule has 0 saturated heterocycles. The Hall–Kier alpha value is -0.170. The molecule has 0 bridgehead atoms. The van der Waals surface area contributed by atoms with Gasteiger partial charge in [0, 0.05) is 18.6 Å². The van der Waals surface area contributed by atoms with Crippen LogP contribution in [0.3, 0.4) is 0 Å². The van der Waals surface area contributed by atoms with E-state index in [0.29, 0.717) is 6.54 Å². The predicted octanol–water partition coefficient (Wildman–Crippen LogP) is -0.0665. The smallest absolute Gasteiger partial charge is 0.279 e. The summed E-state index contributed by atoms with van der Waals surface area (Å²) in [5, 5.41) is 8.70. The van der Waals surface area contributed by atoms with Crippen molar-refractivity contribution >= 4 is 10.2 Å². The van der Waals surface area contributed by atoms with Gasteiger partial charge in [0.15, 0.2) is 0 Å². The number of likely N-dealkylation sites (N-methyl/N-ethyl adjacent to an activating group) is 1. The topological polar surface area (TPSA) is 69.6 Å². The molecule has 86 valence electrons. The maximum absolute atomic E-state index is 11.7. The van der Waals surface area contributed by atoms with E-state index in [-0.39, 0.29) is 13.2 Å². The molecule has 0 aromatic carbocycles. The Morgan fingerprint density at radius 3 is 2.14 bits per heavy atom. The van der Waals surface area contributed by atoms with Crippen molar-refractivity contribution in [1.82, 2.24) is 9.03 Å². The molecular weight excluding hydrogens is 204 g/mol. The second-order valence-electron chi connectivity index (χ2n) is 4.07. The van der Waals surface area contributed by atoms with E-state index in [0.717, 1.165) is 0 Å². The number of rotatable bonds is 5. The van der Waals surface area contributed by atoms with Gasteiger partial charge < -0.3 is 5.11 Å². The van der Waals surface area contributed by atoms with Crippen molar-refractivity contribution in [3.05, 3.63) is 0 Å². The fraction of sp³-hybridized carbons (Fsp3) is 1.00. The Labute approximate surface area is 86.3 Å². The van der Waals surface area contributed by atoms with Crippen LogP contribution in [0.15, 0.2) is 0 Å². The van der Waals surface area contributed by atoms with Crippen molar-refractivity contribution in [2.75, 3.05) is 19.7 Å². The minimum atomic E-state index is -3.47. The zero-order chi connectivity index (χ0) is 11.4. The highest BCUT2D eigenvalue weighted by molar-refractivity contribution is 7.87. The van der Waals surface area contributed by atoms with Crippen LogP contribution in [0.1, 0.15) is 27.7 Å². The van der Waals surface area contributed by atoms with Gasteiger partial charge in [-0.25, -0.2) is 0 Å². The summed E-state index contributed by atoms with van der Waals surface area (Å²) in [6.07, 6.45) is 0. The maximum atomic E-state index is 11.7. The summed E-state index contributed by atoms with van der Waals surface area (Å²) in [6.45, 7) is 7.37. The molecule has 6 heteroatoms. The molecule has 0 heterocycles. The molecule has 0 fully saturated rings. The van der Waals surface area contributed by atoms with E-state index in [9.17, 15) is 8.42 Å². The van der Waals surface area contributed by atoms with Crippen LogP contribution in [-0.2, 0) is 10.2 Å². The first kappa shape index (κ1) is 13.8. The lowest BCUT2D eigenvalue weighted by molar-refractivity contribution is 0.254. The Bertz CT molecular complexity index is 256. The van der Waals surface area contributed by atoms with E-state index in [4.69, 9.17) is 5.11 Å². The van der Waals surface area contributed by atoms with Crippen LogP contribution >= 0.6 is 0 Å². The van der Waals surface area contributed by atoms with Crippen molar-refractivity contribution in [2.45, 2.75) is 33.2 Å². The fourth-order valence-corrected chi connectivity index (χ4v) is 2.58. The van der Waals surface area contributed by atoms with Gasteiger partial charge in [0.2, 0.25) is 0 Å². The van der Waals surface area contributed by atoms with Gasteiger partial charge >= 0.3 is 0 Å².